The summed E-state index contributed by atoms with van der Waals surface area (Å²) in [6, 6.07) is 0. The van der Waals surface area contributed by atoms with Gasteiger partial charge in [-0.25, -0.2) is 4.98 Å². The zero-order chi connectivity index (χ0) is 9.80. The van der Waals surface area contributed by atoms with Gasteiger partial charge >= 0.3 is 0 Å². The molecule has 1 fully saturated rings. The molecule has 1 radical (unpaired) electrons. The Morgan fingerprint density at radius 2 is 2.21 bits per heavy atom. The molecular formula is C10H16N3O. The highest BCUT2D eigenvalue weighted by Gasteiger charge is 2.09. The topological polar surface area (TPSA) is 30.3 Å². The Morgan fingerprint density at radius 1 is 1.43 bits per heavy atom. The van der Waals surface area contributed by atoms with Crippen molar-refractivity contribution >= 4 is 0 Å². The van der Waals surface area contributed by atoms with E-state index in [2.05, 4.69) is 16.1 Å². The molecule has 1 saturated heterocycles. The van der Waals surface area contributed by atoms with E-state index in [0.717, 1.165) is 45.1 Å². The zero-order valence-electron chi connectivity index (χ0n) is 8.57. The maximum Gasteiger partial charge on any atom is 0.0955 e. The molecule has 2 heterocycles. The second-order valence-corrected chi connectivity index (χ2v) is 3.59. The molecule has 1 aromatic heterocycles. The van der Waals surface area contributed by atoms with Crippen LogP contribution in [0.25, 0.3) is 0 Å². The number of rotatable bonds is 3. The van der Waals surface area contributed by atoms with Crippen LogP contribution in [0, 0.1) is 13.1 Å². The molecule has 1 aliphatic rings. The van der Waals surface area contributed by atoms with Crippen molar-refractivity contribution in [2.45, 2.75) is 13.5 Å². The summed E-state index contributed by atoms with van der Waals surface area (Å²) >= 11 is 0. The highest BCUT2D eigenvalue weighted by Crippen LogP contribution is 1.98. The van der Waals surface area contributed by atoms with Gasteiger partial charge in [-0.3, -0.25) is 4.90 Å². The van der Waals surface area contributed by atoms with Crippen LogP contribution in [0.4, 0.5) is 0 Å². The van der Waals surface area contributed by atoms with Crippen LogP contribution in [0.5, 0.6) is 0 Å². The Hall–Kier alpha value is -0.870. The molecule has 0 bridgehead atoms. The van der Waals surface area contributed by atoms with E-state index in [9.17, 15) is 0 Å². The van der Waals surface area contributed by atoms with E-state index in [1.165, 1.54) is 0 Å². The van der Waals surface area contributed by atoms with E-state index in [4.69, 9.17) is 4.74 Å². The lowest BCUT2D eigenvalue weighted by atomic mass is 10.4. The van der Waals surface area contributed by atoms with Crippen LogP contribution < -0.4 is 0 Å². The van der Waals surface area contributed by atoms with E-state index in [1.807, 2.05) is 17.8 Å². The van der Waals surface area contributed by atoms with Crippen LogP contribution in [0.15, 0.2) is 6.33 Å². The number of nitrogens with zero attached hydrogens (tertiary/aromatic N) is 3. The normalized spacial score (nSPS) is 18.6. The van der Waals surface area contributed by atoms with Crippen LogP contribution in [0.3, 0.4) is 0 Å². The summed E-state index contributed by atoms with van der Waals surface area (Å²) in [6.45, 7) is 7.84. The van der Waals surface area contributed by atoms with Crippen molar-refractivity contribution in [3.05, 3.63) is 18.2 Å². The van der Waals surface area contributed by atoms with Crippen LogP contribution in [-0.2, 0) is 11.3 Å². The van der Waals surface area contributed by atoms with E-state index in [-0.39, 0.29) is 0 Å². The number of aromatic nitrogens is 2. The lowest BCUT2D eigenvalue weighted by Crippen LogP contribution is -2.38. The molecule has 4 heteroatoms. The first-order valence-electron chi connectivity index (χ1n) is 5.06. The fourth-order valence-corrected chi connectivity index (χ4v) is 1.61. The molecule has 1 aromatic rings. The molecular weight excluding hydrogens is 178 g/mol. The van der Waals surface area contributed by atoms with E-state index in [0.29, 0.717) is 0 Å². The van der Waals surface area contributed by atoms with Crippen LogP contribution in [0.2, 0.25) is 0 Å². The van der Waals surface area contributed by atoms with Gasteiger partial charge in [-0.1, -0.05) is 0 Å². The van der Waals surface area contributed by atoms with E-state index in [1.54, 1.807) is 0 Å². The third-order valence-corrected chi connectivity index (χ3v) is 2.46. The van der Waals surface area contributed by atoms with Crippen molar-refractivity contribution in [3.8, 4) is 0 Å². The number of imidazole rings is 1. The third-order valence-electron chi connectivity index (χ3n) is 2.46. The molecule has 0 aromatic carbocycles. The van der Waals surface area contributed by atoms with Crippen molar-refractivity contribution in [1.29, 1.82) is 0 Å². The first kappa shape index (κ1) is 9.68. The zero-order valence-corrected chi connectivity index (χ0v) is 8.57. The summed E-state index contributed by atoms with van der Waals surface area (Å²) in [5.41, 5.74) is 0.965. The minimum absolute atomic E-state index is 0.868. The standard InChI is InChI=1S/C10H16N3O/c1-10-8-13(9-11-10)3-2-12-4-6-14-7-5-12/h9H,2-7H2,1H3. The molecule has 0 aliphatic carbocycles. The fourth-order valence-electron chi connectivity index (χ4n) is 1.61. The van der Waals surface area contributed by atoms with Crippen molar-refractivity contribution in [3.63, 3.8) is 0 Å². The first-order chi connectivity index (χ1) is 6.84. The SMILES string of the molecule is Cc1[c]n(CCN2CCOCC2)cn1. The summed E-state index contributed by atoms with van der Waals surface area (Å²) in [7, 11) is 0. The smallest absolute Gasteiger partial charge is 0.0955 e. The molecule has 4 nitrogen and oxygen atoms in total. The number of ether oxygens (including phenoxy) is 1. The van der Waals surface area contributed by atoms with Gasteiger partial charge in [0.1, 0.15) is 0 Å². The van der Waals surface area contributed by atoms with Crippen LogP contribution in [-0.4, -0.2) is 47.3 Å². The van der Waals surface area contributed by atoms with E-state index < -0.39 is 0 Å². The highest BCUT2D eigenvalue weighted by atomic mass is 16.5. The summed E-state index contributed by atoms with van der Waals surface area (Å²) in [4.78, 5) is 6.55. The molecule has 2 rings (SSSR count). The van der Waals surface area contributed by atoms with Crippen molar-refractivity contribution in [1.82, 2.24) is 14.5 Å². The predicted octanol–water partition coefficient (Wildman–Crippen LogP) is 0.324. The lowest BCUT2D eigenvalue weighted by molar-refractivity contribution is 0.0363. The summed E-state index contributed by atoms with van der Waals surface area (Å²) in [6.07, 6.45) is 5.01. The largest absolute Gasteiger partial charge is 0.379 e. The maximum atomic E-state index is 5.29. The minimum Gasteiger partial charge on any atom is -0.379 e. The number of aryl methyl sites for hydroxylation is 1. The summed E-state index contributed by atoms with van der Waals surface area (Å²) in [5.74, 6) is 0. The molecule has 0 amide bonds. The Kier molecular flexibility index (Phi) is 3.16. The van der Waals surface area contributed by atoms with Gasteiger partial charge in [0, 0.05) is 26.2 Å². The quantitative estimate of drug-likeness (QED) is 0.694. The van der Waals surface area contributed by atoms with Crippen LogP contribution >= 0.6 is 0 Å². The number of morpholine rings is 1. The summed E-state index contributed by atoms with van der Waals surface area (Å²) in [5, 5.41) is 0. The molecule has 1 aliphatic heterocycles. The monoisotopic (exact) mass is 194 g/mol. The highest BCUT2D eigenvalue weighted by molar-refractivity contribution is 4.89. The second-order valence-electron chi connectivity index (χ2n) is 3.59. The van der Waals surface area contributed by atoms with Gasteiger partial charge in [0.05, 0.1) is 31.4 Å². The van der Waals surface area contributed by atoms with Crippen molar-refractivity contribution in [2.75, 3.05) is 32.8 Å². The van der Waals surface area contributed by atoms with E-state index >= 15 is 0 Å². The second kappa shape index (κ2) is 4.57. The third kappa shape index (κ3) is 2.56. The average molecular weight is 194 g/mol. The van der Waals surface area contributed by atoms with Gasteiger partial charge < -0.3 is 9.30 Å². The molecule has 0 spiro atoms. The lowest BCUT2D eigenvalue weighted by Gasteiger charge is -2.26. The fraction of sp³-hybridized carbons (Fsp3) is 0.700. The first-order valence-corrected chi connectivity index (χ1v) is 5.06. The molecule has 0 N–H and O–H groups in total. The minimum atomic E-state index is 0.868. The Morgan fingerprint density at radius 3 is 2.86 bits per heavy atom. The molecule has 0 unspecified atom stereocenters. The predicted molar refractivity (Wildman–Crippen MR) is 53.1 cm³/mol. The maximum absolute atomic E-state index is 5.29. The van der Waals surface area contributed by atoms with Gasteiger partial charge in [0.25, 0.3) is 0 Å². The van der Waals surface area contributed by atoms with Gasteiger partial charge in [-0.15, -0.1) is 0 Å². The van der Waals surface area contributed by atoms with Crippen molar-refractivity contribution < 1.29 is 4.74 Å². The Balaban J connectivity index is 1.76. The summed E-state index contributed by atoms with van der Waals surface area (Å²) < 4.78 is 7.31. The number of hydrogen-bond acceptors (Lipinski definition) is 3. The number of hydrogen-bond donors (Lipinski definition) is 0. The van der Waals surface area contributed by atoms with Crippen molar-refractivity contribution in [2.24, 2.45) is 0 Å². The Labute approximate surface area is 84.5 Å². The van der Waals surface area contributed by atoms with Crippen LogP contribution in [0.1, 0.15) is 5.69 Å². The molecule has 77 valence electrons. The molecule has 0 saturated carbocycles. The van der Waals surface area contributed by atoms with Gasteiger partial charge in [-0.2, -0.15) is 0 Å². The average Bonchev–Trinajstić information content (AvgIpc) is 2.63. The van der Waals surface area contributed by atoms with Gasteiger partial charge in [0.15, 0.2) is 0 Å². The molecule has 14 heavy (non-hydrogen) atoms. The van der Waals surface area contributed by atoms with Gasteiger partial charge in [-0.05, 0) is 6.92 Å². The van der Waals surface area contributed by atoms with Gasteiger partial charge in [0.2, 0.25) is 0 Å². The molecule has 0 atom stereocenters. The Bertz CT molecular complexity index is 279.